The van der Waals surface area contributed by atoms with Gasteiger partial charge in [0.1, 0.15) is 0 Å². The van der Waals surface area contributed by atoms with Crippen LogP contribution in [0.2, 0.25) is 0 Å². The Labute approximate surface area is 114 Å². The molecule has 2 rings (SSSR count). The monoisotopic (exact) mass is 261 g/mol. The number of rotatable bonds is 5. The highest BCUT2D eigenvalue weighted by molar-refractivity contribution is 5.77. The summed E-state index contributed by atoms with van der Waals surface area (Å²) in [6, 6.07) is 8.00. The second-order valence-corrected chi connectivity index (χ2v) is 6.10. The molecule has 1 aromatic heterocycles. The highest BCUT2D eigenvalue weighted by Crippen LogP contribution is 2.22. The number of nitrogens with zero attached hydrogens (tertiary/aromatic N) is 2. The van der Waals surface area contributed by atoms with Gasteiger partial charge in [0.25, 0.3) is 0 Å². The molecule has 0 atom stereocenters. The Balaban J connectivity index is 2.17. The molecule has 1 aromatic carbocycles. The van der Waals surface area contributed by atoms with E-state index in [2.05, 4.69) is 35.6 Å². The summed E-state index contributed by atoms with van der Waals surface area (Å²) in [5.74, 6) is 0.847. The van der Waals surface area contributed by atoms with E-state index in [0.29, 0.717) is 6.54 Å². The molecule has 2 aromatic rings. The number of aliphatic hydroxyl groups is 1. The maximum Gasteiger partial charge on any atom is 0.203 e. The number of para-hydroxylation sites is 2. The number of hydrogen-bond acceptors (Lipinski definition) is 3. The Morgan fingerprint density at radius 1 is 1.21 bits per heavy atom. The van der Waals surface area contributed by atoms with Crippen molar-refractivity contribution in [1.29, 1.82) is 0 Å². The molecule has 4 heteroatoms. The van der Waals surface area contributed by atoms with E-state index in [4.69, 9.17) is 0 Å². The van der Waals surface area contributed by atoms with Gasteiger partial charge in [-0.25, -0.2) is 4.98 Å². The Morgan fingerprint density at radius 3 is 2.58 bits per heavy atom. The van der Waals surface area contributed by atoms with Crippen LogP contribution < -0.4 is 4.90 Å². The quantitative estimate of drug-likeness (QED) is 0.870. The molecule has 0 radical (unpaired) electrons. The van der Waals surface area contributed by atoms with Gasteiger partial charge in [0.2, 0.25) is 5.95 Å². The molecule has 2 N–H and O–H groups in total. The summed E-state index contributed by atoms with van der Waals surface area (Å²) in [5.41, 5.74) is 2.28. The second kappa shape index (κ2) is 5.61. The van der Waals surface area contributed by atoms with Crippen molar-refractivity contribution in [2.75, 3.05) is 24.6 Å². The molecule has 0 bridgehead atoms. The van der Waals surface area contributed by atoms with Gasteiger partial charge in [-0.15, -0.1) is 0 Å². The van der Waals surface area contributed by atoms with E-state index in [0.717, 1.165) is 29.9 Å². The zero-order chi connectivity index (χ0) is 13.9. The van der Waals surface area contributed by atoms with Crippen molar-refractivity contribution in [3.63, 3.8) is 0 Å². The number of hydrogen-bond donors (Lipinski definition) is 2. The molecule has 0 saturated heterocycles. The van der Waals surface area contributed by atoms with Crippen molar-refractivity contribution < 1.29 is 5.11 Å². The standard InChI is InChI=1S/C15H23N3O/c1-15(2,3)8-9-18(10-11-19)14-16-12-6-4-5-7-13(12)17-14/h4-7,19H,8-11H2,1-3H3,(H,16,17). The molecule has 4 nitrogen and oxygen atoms in total. The van der Waals surface area contributed by atoms with Crippen molar-refractivity contribution in [3.05, 3.63) is 24.3 Å². The average molecular weight is 261 g/mol. The van der Waals surface area contributed by atoms with E-state index in [1.807, 2.05) is 24.3 Å². The largest absolute Gasteiger partial charge is 0.395 e. The number of aliphatic hydroxyl groups excluding tert-OH is 1. The number of imidazole rings is 1. The molecule has 1 heterocycles. The van der Waals surface area contributed by atoms with E-state index in [1.165, 1.54) is 0 Å². The number of nitrogens with one attached hydrogen (secondary N) is 1. The molecule has 0 aliphatic carbocycles. The topological polar surface area (TPSA) is 52.1 Å². The smallest absolute Gasteiger partial charge is 0.203 e. The van der Waals surface area contributed by atoms with Crippen molar-refractivity contribution in [3.8, 4) is 0 Å². The molecule has 0 spiro atoms. The molecule has 0 aliphatic heterocycles. The third kappa shape index (κ3) is 3.70. The summed E-state index contributed by atoms with van der Waals surface area (Å²) in [6.07, 6.45) is 1.06. The Kier molecular flexibility index (Phi) is 4.10. The molecule has 0 aliphatic rings. The first-order chi connectivity index (χ1) is 8.99. The molecular weight excluding hydrogens is 238 g/mol. The van der Waals surface area contributed by atoms with Crippen LogP contribution in [0.3, 0.4) is 0 Å². The number of aromatic amines is 1. The Bertz CT molecular complexity index is 494. The highest BCUT2D eigenvalue weighted by atomic mass is 16.3. The third-order valence-corrected chi connectivity index (χ3v) is 3.18. The van der Waals surface area contributed by atoms with Crippen LogP contribution in [0.5, 0.6) is 0 Å². The zero-order valence-electron chi connectivity index (χ0n) is 12.0. The van der Waals surface area contributed by atoms with E-state index >= 15 is 0 Å². The summed E-state index contributed by atoms with van der Waals surface area (Å²) < 4.78 is 0. The minimum absolute atomic E-state index is 0.140. The van der Waals surface area contributed by atoms with Crippen LogP contribution >= 0.6 is 0 Å². The number of anilines is 1. The summed E-state index contributed by atoms with van der Waals surface area (Å²) >= 11 is 0. The van der Waals surface area contributed by atoms with Crippen molar-refractivity contribution in [2.45, 2.75) is 27.2 Å². The first kappa shape index (κ1) is 13.9. The molecule has 0 fully saturated rings. The molecule has 0 amide bonds. The van der Waals surface area contributed by atoms with Crippen LogP contribution in [0, 0.1) is 5.41 Å². The predicted octanol–water partition coefficient (Wildman–Crippen LogP) is 2.80. The minimum Gasteiger partial charge on any atom is -0.395 e. The lowest BCUT2D eigenvalue weighted by molar-refractivity contribution is 0.296. The van der Waals surface area contributed by atoms with Gasteiger partial charge < -0.3 is 15.0 Å². The van der Waals surface area contributed by atoms with Crippen LogP contribution in [0.1, 0.15) is 27.2 Å². The zero-order valence-corrected chi connectivity index (χ0v) is 12.0. The van der Waals surface area contributed by atoms with Gasteiger partial charge in [-0.05, 0) is 24.0 Å². The third-order valence-electron chi connectivity index (χ3n) is 3.18. The summed E-state index contributed by atoms with van der Waals surface area (Å²) in [4.78, 5) is 10.0. The van der Waals surface area contributed by atoms with E-state index in [9.17, 15) is 5.11 Å². The van der Waals surface area contributed by atoms with Gasteiger partial charge in [0.05, 0.1) is 17.6 Å². The summed E-state index contributed by atoms with van der Waals surface area (Å²) in [6.45, 7) is 8.31. The lowest BCUT2D eigenvalue weighted by Gasteiger charge is -2.26. The van der Waals surface area contributed by atoms with E-state index < -0.39 is 0 Å². The lowest BCUT2D eigenvalue weighted by Crippen LogP contribution is -2.31. The predicted molar refractivity (Wildman–Crippen MR) is 79.5 cm³/mol. The van der Waals surface area contributed by atoms with Gasteiger partial charge in [-0.1, -0.05) is 32.9 Å². The Hall–Kier alpha value is -1.55. The van der Waals surface area contributed by atoms with Crippen LogP contribution in [0.15, 0.2) is 24.3 Å². The number of aromatic nitrogens is 2. The van der Waals surface area contributed by atoms with Crippen LogP contribution in [-0.2, 0) is 0 Å². The molecule has 0 unspecified atom stereocenters. The normalized spacial score (nSPS) is 12.0. The van der Waals surface area contributed by atoms with Gasteiger partial charge in [0.15, 0.2) is 0 Å². The highest BCUT2D eigenvalue weighted by Gasteiger charge is 2.15. The fourth-order valence-electron chi connectivity index (χ4n) is 2.00. The van der Waals surface area contributed by atoms with Crippen LogP contribution in [0.25, 0.3) is 11.0 Å². The van der Waals surface area contributed by atoms with Gasteiger partial charge >= 0.3 is 0 Å². The summed E-state index contributed by atoms with van der Waals surface area (Å²) in [7, 11) is 0. The molecule has 0 saturated carbocycles. The van der Waals surface area contributed by atoms with Crippen molar-refractivity contribution >= 4 is 17.0 Å². The molecule has 19 heavy (non-hydrogen) atoms. The SMILES string of the molecule is CC(C)(C)CCN(CCO)c1nc2ccccc2[nH]1. The fraction of sp³-hybridized carbons (Fsp3) is 0.533. The van der Waals surface area contributed by atoms with Gasteiger partial charge in [-0.2, -0.15) is 0 Å². The van der Waals surface area contributed by atoms with Crippen molar-refractivity contribution in [2.24, 2.45) is 5.41 Å². The first-order valence-electron chi connectivity index (χ1n) is 6.80. The number of H-pyrrole nitrogens is 1. The number of fused-ring (bicyclic) bond motifs is 1. The Morgan fingerprint density at radius 2 is 1.95 bits per heavy atom. The molecular formula is C15H23N3O. The average Bonchev–Trinajstić information content (AvgIpc) is 2.76. The van der Waals surface area contributed by atoms with Crippen LogP contribution in [-0.4, -0.2) is 34.8 Å². The first-order valence-corrected chi connectivity index (χ1v) is 6.80. The van der Waals surface area contributed by atoms with E-state index in [1.54, 1.807) is 0 Å². The van der Waals surface area contributed by atoms with Crippen molar-refractivity contribution in [1.82, 2.24) is 9.97 Å². The maximum absolute atomic E-state index is 9.22. The summed E-state index contributed by atoms with van der Waals surface area (Å²) in [5, 5.41) is 9.22. The fourth-order valence-corrected chi connectivity index (χ4v) is 2.00. The van der Waals surface area contributed by atoms with Gasteiger partial charge in [0, 0.05) is 13.1 Å². The number of benzene rings is 1. The van der Waals surface area contributed by atoms with Gasteiger partial charge in [-0.3, -0.25) is 0 Å². The van der Waals surface area contributed by atoms with Crippen LogP contribution in [0.4, 0.5) is 5.95 Å². The van der Waals surface area contributed by atoms with E-state index in [-0.39, 0.29) is 12.0 Å². The second-order valence-electron chi connectivity index (χ2n) is 6.10. The maximum atomic E-state index is 9.22. The molecule has 104 valence electrons. The lowest BCUT2D eigenvalue weighted by atomic mass is 9.92. The minimum atomic E-state index is 0.140.